The van der Waals surface area contributed by atoms with Crippen LogP contribution in [-0.2, 0) is 4.74 Å². The van der Waals surface area contributed by atoms with Crippen LogP contribution in [0.3, 0.4) is 0 Å². The van der Waals surface area contributed by atoms with Crippen molar-refractivity contribution in [3.63, 3.8) is 0 Å². The van der Waals surface area contributed by atoms with Gasteiger partial charge in [-0.25, -0.2) is 4.68 Å². The number of rotatable bonds is 7. The minimum Gasteiger partial charge on any atom is -0.356 e. The highest BCUT2D eigenvalue weighted by molar-refractivity contribution is 6.51. The van der Waals surface area contributed by atoms with Crippen molar-refractivity contribution in [2.75, 3.05) is 6.61 Å². The van der Waals surface area contributed by atoms with Crippen molar-refractivity contribution in [3.8, 4) is 0 Å². The molecule has 1 saturated heterocycles. The molecule has 35 heavy (non-hydrogen) atoms. The number of carbonyl (C=O) groups is 1. The fraction of sp³-hybridized carbons (Fsp3) is 0.267. The molecule has 0 amide bonds. The molecular formula is C30H30BN2O2. The molecule has 0 bridgehead atoms. The zero-order chi connectivity index (χ0) is 24.2. The largest absolute Gasteiger partial charge is 0.356 e. The van der Waals surface area contributed by atoms with Gasteiger partial charge >= 0.3 is 0 Å². The number of aromatic nitrogens is 2. The zero-order valence-electron chi connectivity index (χ0n) is 20.4. The summed E-state index contributed by atoms with van der Waals surface area (Å²) in [7, 11) is 2.11. The van der Waals surface area contributed by atoms with E-state index >= 15 is 0 Å². The Morgan fingerprint density at radius 3 is 2.43 bits per heavy atom. The van der Waals surface area contributed by atoms with E-state index in [4.69, 9.17) is 9.84 Å². The van der Waals surface area contributed by atoms with E-state index < -0.39 is 0 Å². The molecule has 0 aliphatic carbocycles. The molecule has 3 aromatic carbocycles. The Morgan fingerprint density at radius 1 is 1.03 bits per heavy atom. The molecule has 0 saturated carbocycles. The van der Waals surface area contributed by atoms with Crippen molar-refractivity contribution >= 4 is 41.1 Å². The van der Waals surface area contributed by atoms with Crippen LogP contribution < -0.4 is 5.46 Å². The highest BCUT2D eigenvalue weighted by Gasteiger charge is 2.20. The number of ether oxygens (including phenoxy) is 1. The number of hydrogen-bond donors (Lipinski definition) is 0. The maximum absolute atomic E-state index is 11.3. The molecule has 1 aromatic heterocycles. The second-order valence-corrected chi connectivity index (χ2v) is 9.04. The van der Waals surface area contributed by atoms with Gasteiger partial charge in [-0.2, -0.15) is 5.10 Å². The maximum atomic E-state index is 11.3. The Bertz CT molecular complexity index is 1350. The van der Waals surface area contributed by atoms with E-state index in [-0.39, 0.29) is 6.23 Å². The van der Waals surface area contributed by atoms with Crippen LogP contribution in [-0.4, -0.2) is 30.0 Å². The number of nitrogens with zero attached hydrogens (tertiary/aromatic N) is 2. The fourth-order valence-electron chi connectivity index (χ4n) is 5.00. The topological polar surface area (TPSA) is 44.1 Å². The summed E-state index contributed by atoms with van der Waals surface area (Å²) in [6, 6.07) is 23.2. The van der Waals surface area contributed by atoms with Crippen LogP contribution in [0.2, 0.25) is 6.82 Å². The Balaban J connectivity index is 1.65. The standard InChI is InChI=1S/C30H30BN2O2/c1-3-27(22-11-14-26(31-2)15-12-22)30(23-9-7-21(20-34)8-10-23)24-13-16-28-25(18-24)19-32-33(28)29-6-4-5-17-35-29/h7-16,18-20,29H,3-6,17H2,1-2H3/b30-27+. The van der Waals surface area contributed by atoms with E-state index in [2.05, 4.69) is 63.5 Å². The fourth-order valence-corrected chi connectivity index (χ4v) is 5.00. The molecule has 5 rings (SSSR count). The lowest BCUT2D eigenvalue weighted by molar-refractivity contribution is -0.0366. The molecule has 5 heteroatoms. The van der Waals surface area contributed by atoms with Crippen molar-refractivity contribution in [1.29, 1.82) is 0 Å². The van der Waals surface area contributed by atoms with E-state index in [0.717, 1.165) is 54.2 Å². The summed E-state index contributed by atoms with van der Waals surface area (Å²) < 4.78 is 8.02. The van der Waals surface area contributed by atoms with Gasteiger partial charge in [0.1, 0.15) is 13.6 Å². The van der Waals surface area contributed by atoms with E-state index in [1.165, 1.54) is 28.6 Å². The second-order valence-electron chi connectivity index (χ2n) is 9.04. The van der Waals surface area contributed by atoms with E-state index in [1.54, 1.807) is 0 Å². The van der Waals surface area contributed by atoms with Crippen LogP contribution >= 0.6 is 0 Å². The lowest BCUT2D eigenvalue weighted by Crippen LogP contribution is -2.18. The van der Waals surface area contributed by atoms with Gasteiger partial charge in [0, 0.05) is 17.6 Å². The number of aldehydes is 1. The highest BCUT2D eigenvalue weighted by atomic mass is 16.5. The van der Waals surface area contributed by atoms with Crippen LogP contribution in [0.5, 0.6) is 0 Å². The summed E-state index contributed by atoms with van der Waals surface area (Å²) >= 11 is 0. The van der Waals surface area contributed by atoms with Gasteiger partial charge in [0.05, 0.1) is 11.7 Å². The smallest absolute Gasteiger partial charge is 0.150 e. The Kier molecular flexibility index (Phi) is 6.96. The van der Waals surface area contributed by atoms with Crippen LogP contribution in [0.1, 0.15) is 65.9 Å². The first-order valence-electron chi connectivity index (χ1n) is 12.5. The molecule has 0 spiro atoms. The molecule has 4 aromatic rings. The van der Waals surface area contributed by atoms with Crippen molar-refractivity contribution in [1.82, 2.24) is 9.78 Å². The van der Waals surface area contributed by atoms with Crippen molar-refractivity contribution < 1.29 is 9.53 Å². The van der Waals surface area contributed by atoms with Gasteiger partial charge in [0.2, 0.25) is 0 Å². The Morgan fingerprint density at radius 2 is 1.77 bits per heavy atom. The SMILES string of the molecule is C[B]c1ccc(/C(CC)=C(\c2ccc(C=O)cc2)c2ccc3c(cnn3C3CCCCO3)c2)cc1. The van der Waals surface area contributed by atoms with Crippen LogP contribution in [0.25, 0.3) is 22.0 Å². The number of hydrogen-bond acceptors (Lipinski definition) is 3. The molecular weight excluding hydrogens is 431 g/mol. The maximum Gasteiger partial charge on any atom is 0.150 e. The second kappa shape index (κ2) is 10.4. The summed E-state index contributed by atoms with van der Waals surface area (Å²) in [6.07, 6.45) is 7.02. The third kappa shape index (κ3) is 4.74. The lowest BCUT2D eigenvalue weighted by Gasteiger charge is -2.23. The monoisotopic (exact) mass is 461 g/mol. The average Bonchev–Trinajstić information content (AvgIpc) is 3.36. The van der Waals surface area contributed by atoms with E-state index in [9.17, 15) is 4.79 Å². The van der Waals surface area contributed by atoms with Crippen molar-refractivity contribution in [2.24, 2.45) is 0 Å². The lowest BCUT2D eigenvalue weighted by atomic mass is 9.73. The minimum absolute atomic E-state index is 0.0121. The third-order valence-electron chi connectivity index (χ3n) is 6.90. The van der Waals surface area contributed by atoms with Crippen molar-refractivity contribution in [2.45, 2.75) is 45.7 Å². The summed E-state index contributed by atoms with van der Waals surface area (Å²) in [6.45, 7) is 5.05. The van der Waals surface area contributed by atoms with Gasteiger partial charge in [-0.15, -0.1) is 0 Å². The highest BCUT2D eigenvalue weighted by Crippen LogP contribution is 2.36. The Labute approximate surface area is 207 Å². The van der Waals surface area contributed by atoms with Gasteiger partial charge in [0.15, 0.2) is 6.23 Å². The first-order valence-corrected chi connectivity index (χ1v) is 12.5. The van der Waals surface area contributed by atoms with Crippen LogP contribution in [0, 0.1) is 0 Å². The predicted octanol–water partition coefficient (Wildman–Crippen LogP) is 6.29. The van der Waals surface area contributed by atoms with Crippen LogP contribution in [0.4, 0.5) is 0 Å². The normalized spacial score (nSPS) is 16.7. The molecule has 1 aliphatic heterocycles. The Hall–Kier alpha value is -3.44. The zero-order valence-corrected chi connectivity index (χ0v) is 20.4. The van der Waals surface area contributed by atoms with Gasteiger partial charge in [-0.3, -0.25) is 4.79 Å². The molecule has 175 valence electrons. The number of allylic oxidation sites excluding steroid dienone is 1. The van der Waals surface area contributed by atoms with Crippen LogP contribution in [0.15, 0.2) is 72.9 Å². The first kappa shape index (κ1) is 23.3. The molecule has 1 unspecified atom stereocenters. The molecule has 1 aliphatic rings. The molecule has 1 radical (unpaired) electrons. The van der Waals surface area contributed by atoms with E-state index in [0.29, 0.717) is 5.56 Å². The summed E-state index contributed by atoms with van der Waals surface area (Å²) in [5.74, 6) is 0. The third-order valence-corrected chi connectivity index (χ3v) is 6.90. The number of benzene rings is 3. The van der Waals surface area contributed by atoms with Gasteiger partial charge in [-0.1, -0.05) is 73.8 Å². The first-order chi connectivity index (χ1) is 17.2. The van der Waals surface area contributed by atoms with Crippen molar-refractivity contribution in [3.05, 3.63) is 95.2 Å². The van der Waals surface area contributed by atoms with E-state index in [1.807, 2.05) is 35.1 Å². The molecule has 0 N–H and O–H groups in total. The predicted molar refractivity (Wildman–Crippen MR) is 144 cm³/mol. The van der Waals surface area contributed by atoms with Gasteiger partial charge < -0.3 is 4.74 Å². The summed E-state index contributed by atoms with van der Waals surface area (Å²) in [5.41, 5.74) is 8.88. The quantitative estimate of drug-likeness (QED) is 0.184. The van der Waals surface area contributed by atoms with Gasteiger partial charge in [0.25, 0.3) is 0 Å². The average molecular weight is 461 g/mol. The molecule has 2 heterocycles. The van der Waals surface area contributed by atoms with Gasteiger partial charge in [-0.05, 0) is 65.7 Å². The number of carbonyl (C=O) groups excluding carboxylic acids is 1. The summed E-state index contributed by atoms with van der Waals surface area (Å²) in [4.78, 5) is 11.3. The molecule has 4 nitrogen and oxygen atoms in total. The molecule has 1 fully saturated rings. The molecule has 1 atom stereocenters. The number of fused-ring (bicyclic) bond motifs is 1. The minimum atomic E-state index is 0.0121. The summed E-state index contributed by atoms with van der Waals surface area (Å²) in [5, 5.41) is 5.79.